The van der Waals surface area contributed by atoms with E-state index in [1.807, 2.05) is 54.4 Å². The van der Waals surface area contributed by atoms with Gasteiger partial charge in [-0.3, -0.25) is 0 Å². The molecule has 0 fully saturated rings. The van der Waals surface area contributed by atoms with Crippen LogP contribution in [0.2, 0.25) is 0 Å². The maximum atomic E-state index is 4.55. The topological polar surface area (TPSA) is 31.9 Å². The molecule has 1 aromatic heterocycles. The van der Waals surface area contributed by atoms with E-state index < -0.39 is 0 Å². The molecule has 2 aromatic carbocycles. The molecule has 3 aromatic rings. The van der Waals surface area contributed by atoms with Gasteiger partial charge in [-0.2, -0.15) is 0 Å². The van der Waals surface area contributed by atoms with Crippen LogP contribution in [0.15, 0.2) is 54.6 Å². The van der Waals surface area contributed by atoms with E-state index in [-0.39, 0.29) is 0 Å². The number of nitrogens with one attached hydrogen (secondary N) is 1. The van der Waals surface area contributed by atoms with E-state index in [1.54, 1.807) is 0 Å². The highest BCUT2D eigenvalue weighted by Gasteiger charge is 2.07. The van der Waals surface area contributed by atoms with Crippen LogP contribution < -0.4 is 4.90 Å². The van der Waals surface area contributed by atoms with Crippen molar-refractivity contribution in [2.45, 2.75) is 0 Å². The highest BCUT2D eigenvalue weighted by atomic mass is 15.2. The van der Waals surface area contributed by atoms with Gasteiger partial charge in [-0.05, 0) is 17.7 Å². The minimum absolute atomic E-state index is 0.847. The Morgan fingerprint density at radius 2 is 1.72 bits per heavy atom. The van der Waals surface area contributed by atoms with Gasteiger partial charge in [-0.15, -0.1) is 0 Å². The fourth-order valence-electron chi connectivity index (χ4n) is 1.93. The summed E-state index contributed by atoms with van der Waals surface area (Å²) in [5, 5.41) is 0. The number of anilines is 1. The minimum atomic E-state index is 0.847. The molecule has 0 aliphatic heterocycles. The zero-order valence-corrected chi connectivity index (χ0v) is 10.2. The average Bonchev–Trinajstić information content (AvgIpc) is 2.84. The Hall–Kier alpha value is -2.29. The molecule has 0 atom stereocenters. The number of hydrogen-bond donors (Lipinski definition) is 1. The highest BCUT2D eigenvalue weighted by molar-refractivity contribution is 5.77. The smallest absolute Gasteiger partial charge is 0.204 e. The standard InChI is InChI=1S/C15H14N3/c1-18(11-12-7-3-2-4-8-12)15-16-13-9-5-6-10-14(13)17-15/h2-11H,1H3,(H,16,17). The number of H-pyrrole nitrogens is 1. The SMILES string of the molecule is CN([CH]c1ccccc1)c1nc2ccccc2[nH]1. The van der Waals surface area contributed by atoms with E-state index in [0.717, 1.165) is 22.5 Å². The van der Waals surface area contributed by atoms with Crippen molar-refractivity contribution in [3.63, 3.8) is 0 Å². The Kier molecular flexibility index (Phi) is 2.73. The molecular weight excluding hydrogens is 222 g/mol. The lowest BCUT2D eigenvalue weighted by atomic mass is 10.2. The van der Waals surface area contributed by atoms with Crippen LogP contribution in [0.5, 0.6) is 0 Å². The number of rotatable bonds is 3. The second-order valence-electron chi connectivity index (χ2n) is 4.23. The van der Waals surface area contributed by atoms with Gasteiger partial charge in [0.05, 0.1) is 17.6 Å². The van der Waals surface area contributed by atoms with Crippen molar-refractivity contribution in [3.8, 4) is 0 Å². The van der Waals surface area contributed by atoms with E-state index in [9.17, 15) is 0 Å². The second-order valence-corrected chi connectivity index (χ2v) is 4.23. The number of fused-ring (bicyclic) bond motifs is 1. The maximum Gasteiger partial charge on any atom is 0.204 e. The third kappa shape index (κ3) is 2.07. The predicted octanol–water partition coefficient (Wildman–Crippen LogP) is 3.21. The van der Waals surface area contributed by atoms with Crippen molar-refractivity contribution in [2.24, 2.45) is 0 Å². The predicted molar refractivity (Wildman–Crippen MR) is 74.3 cm³/mol. The summed E-state index contributed by atoms with van der Waals surface area (Å²) in [6.07, 6.45) is 0. The molecule has 3 heteroatoms. The Morgan fingerprint density at radius 1 is 1.00 bits per heavy atom. The van der Waals surface area contributed by atoms with Crippen molar-refractivity contribution < 1.29 is 0 Å². The lowest BCUT2D eigenvalue weighted by molar-refractivity contribution is 1.04. The Balaban J connectivity index is 1.86. The van der Waals surface area contributed by atoms with Crippen LogP contribution in [0.4, 0.5) is 5.95 Å². The van der Waals surface area contributed by atoms with Crippen LogP contribution in [0.25, 0.3) is 11.0 Å². The summed E-state index contributed by atoms with van der Waals surface area (Å²) in [5.74, 6) is 0.847. The Labute approximate surface area is 106 Å². The quantitative estimate of drug-likeness (QED) is 0.757. The lowest BCUT2D eigenvalue weighted by Gasteiger charge is -2.14. The third-order valence-corrected chi connectivity index (χ3v) is 2.85. The van der Waals surface area contributed by atoms with Gasteiger partial charge in [0.25, 0.3) is 0 Å². The molecular formula is C15H14N3. The van der Waals surface area contributed by atoms with Crippen LogP contribution >= 0.6 is 0 Å². The molecule has 1 radical (unpaired) electrons. The van der Waals surface area contributed by atoms with Gasteiger partial charge in [-0.25, -0.2) is 4.98 Å². The largest absolute Gasteiger partial charge is 0.336 e. The summed E-state index contributed by atoms with van der Waals surface area (Å²) in [6.45, 7) is 2.05. The molecule has 0 spiro atoms. The van der Waals surface area contributed by atoms with Crippen LogP contribution in [-0.4, -0.2) is 17.0 Å². The fourth-order valence-corrected chi connectivity index (χ4v) is 1.93. The summed E-state index contributed by atoms with van der Waals surface area (Å²) in [6, 6.07) is 18.2. The molecule has 89 valence electrons. The van der Waals surface area contributed by atoms with Crippen molar-refractivity contribution >= 4 is 17.0 Å². The first-order valence-electron chi connectivity index (χ1n) is 5.90. The third-order valence-electron chi connectivity index (χ3n) is 2.85. The van der Waals surface area contributed by atoms with Gasteiger partial charge in [-0.1, -0.05) is 42.5 Å². The minimum Gasteiger partial charge on any atom is -0.336 e. The first-order chi connectivity index (χ1) is 8.83. The summed E-state index contributed by atoms with van der Waals surface area (Å²) < 4.78 is 0. The molecule has 3 nitrogen and oxygen atoms in total. The van der Waals surface area contributed by atoms with Gasteiger partial charge in [0.2, 0.25) is 5.95 Å². The van der Waals surface area contributed by atoms with E-state index >= 15 is 0 Å². The first kappa shape index (κ1) is 10.8. The van der Waals surface area contributed by atoms with E-state index in [2.05, 4.69) is 28.6 Å². The number of aromatic nitrogens is 2. The summed E-state index contributed by atoms with van der Waals surface area (Å²) >= 11 is 0. The van der Waals surface area contributed by atoms with Crippen molar-refractivity contribution in [2.75, 3.05) is 11.9 Å². The molecule has 1 heterocycles. The molecule has 1 N–H and O–H groups in total. The van der Waals surface area contributed by atoms with Crippen molar-refractivity contribution in [3.05, 3.63) is 66.7 Å². The van der Waals surface area contributed by atoms with Crippen molar-refractivity contribution in [1.82, 2.24) is 9.97 Å². The molecule has 0 bridgehead atoms. The summed E-state index contributed by atoms with van der Waals surface area (Å²) in [5.41, 5.74) is 3.20. The molecule has 0 unspecified atom stereocenters. The fraction of sp³-hybridized carbons (Fsp3) is 0.0667. The van der Waals surface area contributed by atoms with Gasteiger partial charge in [0.1, 0.15) is 0 Å². The van der Waals surface area contributed by atoms with Crippen molar-refractivity contribution in [1.29, 1.82) is 0 Å². The van der Waals surface area contributed by atoms with E-state index in [0.29, 0.717) is 0 Å². The van der Waals surface area contributed by atoms with Crippen LogP contribution in [0.1, 0.15) is 5.56 Å². The number of benzene rings is 2. The molecule has 0 aliphatic rings. The van der Waals surface area contributed by atoms with E-state index in [4.69, 9.17) is 0 Å². The maximum absolute atomic E-state index is 4.55. The number of aromatic amines is 1. The molecule has 0 amide bonds. The number of nitrogens with zero attached hydrogens (tertiary/aromatic N) is 2. The van der Waals surface area contributed by atoms with E-state index in [1.165, 1.54) is 0 Å². The van der Waals surface area contributed by atoms with Gasteiger partial charge >= 0.3 is 0 Å². The van der Waals surface area contributed by atoms with Crippen LogP contribution in [0.3, 0.4) is 0 Å². The summed E-state index contributed by atoms with van der Waals surface area (Å²) in [7, 11) is 1.99. The number of para-hydroxylation sites is 2. The zero-order valence-electron chi connectivity index (χ0n) is 10.2. The number of hydrogen-bond acceptors (Lipinski definition) is 2. The van der Waals surface area contributed by atoms with Crippen LogP contribution in [-0.2, 0) is 0 Å². The zero-order chi connectivity index (χ0) is 12.4. The number of imidazole rings is 1. The van der Waals surface area contributed by atoms with Gasteiger partial charge < -0.3 is 9.88 Å². The first-order valence-corrected chi connectivity index (χ1v) is 5.90. The Bertz CT molecular complexity index is 610. The van der Waals surface area contributed by atoms with Gasteiger partial charge in [0, 0.05) is 7.05 Å². The average molecular weight is 236 g/mol. The van der Waals surface area contributed by atoms with Crippen LogP contribution in [0, 0.1) is 6.54 Å². The monoisotopic (exact) mass is 236 g/mol. The molecule has 18 heavy (non-hydrogen) atoms. The normalized spacial score (nSPS) is 10.7. The van der Waals surface area contributed by atoms with Gasteiger partial charge in [0.15, 0.2) is 0 Å². The lowest BCUT2D eigenvalue weighted by Crippen LogP contribution is -2.15. The molecule has 3 rings (SSSR count). The molecule has 0 aliphatic carbocycles. The Morgan fingerprint density at radius 3 is 2.50 bits per heavy atom. The highest BCUT2D eigenvalue weighted by Crippen LogP contribution is 2.18. The second kappa shape index (κ2) is 4.53. The molecule has 0 saturated carbocycles. The summed E-state index contributed by atoms with van der Waals surface area (Å²) in [4.78, 5) is 9.84. The molecule has 0 saturated heterocycles.